The summed E-state index contributed by atoms with van der Waals surface area (Å²) in [5.41, 5.74) is 0. The summed E-state index contributed by atoms with van der Waals surface area (Å²) in [4.78, 5) is 3.36. The molecule has 0 aromatic heterocycles. The standard InChI is InChI=1S/2C4H5N.2Rf/c2*1-3-5-4-2;;/h1H2,2H3;5H,1-2H2;;/q2*-2;;. The van der Waals surface area contributed by atoms with Gasteiger partial charge in [0.05, 0.1) is 0 Å². The molecule has 0 radical (unpaired) electrons. The van der Waals surface area contributed by atoms with E-state index >= 15 is 0 Å². The van der Waals surface area contributed by atoms with E-state index < -0.39 is 0 Å². The Balaban J connectivity index is -0.0000000457. The van der Waals surface area contributed by atoms with Crippen molar-refractivity contribution in [1.82, 2.24) is 5.32 Å². The molecule has 0 atom stereocenters. The van der Waals surface area contributed by atoms with E-state index in [0.717, 1.165) is 0 Å². The summed E-state index contributed by atoms with van der Waals surface area (Å²) in [6, 6.07) is 0. The van der Waals surface area contributed by atoms with E-state index in [9.17, 15) is 0 Å². The van der Waals surface area contributed by atoms with Crippen LogP contribution in [0.4, 0.5) is 0 Å². The molecule has 0 unspecified atom stereocenters. The molecular formula is C8H10N2Rf2-4. The summed E-state index contributed by atoms with van der Waals surface area (Å²) in [6.07, 6.45) is 9.44. The van der Waals surface area contributed by atoms with Crippen LogP contribution >= 0.6 is 0 Å². The first-order valence-corrected chi connectivity index (χ1v) is 2.51. The van der Waals surface area contributed by atoms with Crippen LogP contribution in [0, 0.1) is 18.6 Å². The van der Waals surface area contributed by atoms with Crippen LogP contribution in [0.25, 0.3) is 0 Å². The van der Waals surface area contributed by atoms with Crippen molar-refractivity contribution in [2.75, 3.05) is 0 Å². The van der Waals surface area contributed by atoms with Gasteiger partial charge in [-0.3, -0.25) is 19.7 Å². The molecule has 0 heterocycles. The summed E-state index contributed by atoms with van der Waals surface area (Å²) in [5, 5.41) is 2.39. The SMILES string of the molecule is C=[C-]N=[C-]C.C=[C-]N[C-]=C.[Rf].[Rf]. The molecule has 0 fully saturated rings. The zero-order chi connectivity index (χ0) is 8.24. The van der Waals surface area contributed by atoms with Gasteiger partial charge in [-0.15, -0.1) is 0 Å². The Morgan fingerprint density at radius 3 is 1.50 bits per heavy atom. The Bertz CT molecular complexity index is 116. The molecule has 0 amide bonds. The predicted molar refractivity (Wildman–Crippen MR) is 42.9 cm³/mol. The molecule has 0 aliphatic carbocycles. The first kappa shape index (κ1) is 23.4. The van der Waals surface area contributed by atoms with Gasteiger partial charge < -0.3 is 35.1 Å². The topological polar surface area (TPSA) is 24.4 Å². The average molecular weight is 668 g/mol. The van der Waals surface area contributed by atoms with Crippen molar-refractivity contribution in [3.8, 4) is 0 Å². The van der Waals surface area contributed by atoms with Crippen molar-refractivity contribution in [2.24, 2.45) is 4.99 Å². The van der Waals surface area contributed by atoms with Crippen molar-refractivity contribution in [3.63, 3.8) is 0 Å². The van der Waals surface area contributed by atoms with Gasteiger partial charge in [-0.05, 0) is 0 Å². The smallest absolute Gasteiger partial charge is 0 e. The molecule has 0 bridgehead atoms. The van der Waals surface area contributed by atoms with Crippen LogP contribution < -0.4 is 5.32 Å². The monoisotopic (exact) mass is 668 g/mol. The van der Waals surface area contributed by atoms with E-state index in [4.69, 9.17) is 0 Å². The maximum atomic E-state index is 3.36. The molecule has 0 aromatic carbocycles. The summed E-state index contributed by atoms with van der Waals surface area (Å²) < 4.78 is 0. The van der Waals surface area contributed by atoms with Crippen LogP contribution in [-0.4, -0.2) is 6.21 Å². The second kappa shape index (κ2) is 47.6. The van der Waals surface area contributed by atoms with E-state index in [1.54, 1.807) is 6.92 Å². The molecule has 0 aromatic rings. The van der Waals surface area contributed by atoms with Crippen molar-refractivity contribution < 1.29 is 0 Å². The average Bonchev–Trinajstić information content (AvgIpc) is 1.93. The molecule has 2 nitrogen and oxygen atoms in total. The molecule has 0 aliphatic heterocycles. The van der Waals surface area contributed by atoms with Crippen LogP contribution in [0.1, 0.15) is 6.92 Å². The normalized spacial score (nSPS) is 6.08. The third kappa shape index (κ3) is 455. The zero-order valence-corrected chi connectivity index (χ0v) is 20.3. The molecule has 4 heteroatoms. The summed E-state index contributed by atoms with van der Waals surface area (Å²) in [7, 11) is 0. The second-order valence-corrected chi connectivity index (χ2v) is 0.972. The molecule has 0 spiro atoms. The van der Waals surface area contributed by atoms with Crippen LogP contribution in [0.15, 0.2) is 24.7 Å². The first-order valence-electron chi connectivity index (χ1n) is 2.51. The first-order chi connectivity index (χ1) is 4.83. The van der Waals surface area contributed by atoms with E-state index in [2.05, 4.69) is 54.9 Å². The minimum Gasteiger partial charge on any atom is -0.715 e. The van der Waals surface area contributed by atoms with Crippen molar-refractivity contribution in [1.29, 1.82) is 0 Å². The van der Waals surface area contributed by atoms with E-state index in [0.29, 0.717) is 0 Å². The second-order valence-electron chi connectivity index (χ2n) is 0.972. The zero-order valence-electron chi connectivity index (χ0n) is 7.48. The predicted octanol–water partition coefficient (Wildman–Crippen LogP) is 1.37. The van der Waals surface area contributed by atoms with E-state index in [-0.39, 0.29) is 0 Å². The molecular weight excluding hydrogens is 658 g/mol. The maximum absolute atomic E-state index is 3.36. The molecule has 60 valence electrons. The van der Waals surface area contributed by atoms with Crippen molar-refractivity contribution >= 4 is 6.21 Å². The largest absolute Gasteiger partial charge is 0.715 e. The molecule has 0 saturated carbocycles. The third-order valence-corrected chi connectivity index (χ3v) is 0.368. The van der Waals surface area contributed by atoms with Crippen LogP contribution in [-0.2, 0) is 0 Å². The Morgan fingerprint density at radius 2 is 1.50 bits per heavy atom. The summed E-state index contributed by atoms with van der Waals surface area (Å²) in [5.74, 6) is 0. The number of nitrogens with zero attached hydrogens (tertiary/aromatic N) is 1. The van der Waals surface area contributed by atoms with Gasteiger partial charge in [-0.2, -0.15) is 6.92 Å². The molecule has 0 saturated heterocycles. The fourth-order valence-corrected chi connectivity index (χ4v) is 0.142. The van der Waals surface area contributed by atoms with E-state index in [1.165, 1.54) is 0 Å². The van der Waals surface area contributed by atoms with Crippen LogP contribution in [0.3, 0.4) is 0 Å². The number of hydrogen-bond donors (Lipinski definition) is 1. The summed E-state index contributed by atoms with van der Waals surface area (Å²) >= 11 is 0. The maximum Gasteiger partial charge on any atom is 0 e. The third-order valence-electron chi connectivity index (χ3n) is 0.368. The Hall–Kier alpha value is -3.31. The Kier molecular flexibility index (Phi) is 92.6. The van der Waals surface area contributed by atoms with Gasteiger partial charge >= 0.3 is 0 Å². The fraction of sp³-hybridized carbons (Fsp3) is 0.125. The van der Waals surface area contributed by atoms with Gasteiger partial charge in [-0.25, -0.2) is 0 Å². The van der Waals surface area contributed by atoms with Gasteiger partial charge in [0.1, 0.15) is 0 Å². The molecule has 0 aliphatic rings. The Morgan fingerprint density at radius 1 is 1.08 bits per heavy atom. The van der Waals surface area contributed by atoms with Gasteiger partial charge in [0, 0.05) is 0 Å². The van der Waals surface area contributed by atoms with Gasteiger partial charge in [0.15, 0.2) is 0 Å². The van der Waals surface area contributed by atoms with Crippen molar-refractivity contribution in [2.45, 2.75) is 6.92 Å². The number of aliphatic imine (C=N–C) groups is 1. The molecule has 0 rings (SSSR count). The quantitative estimate of drug-likeness (QED) is 0.275. The minimum atomic E-state index is 0. The van der Waals surface area contributed by atoms with Crippen LogP contribution in [0.2, 0.25) is 0 Å². The number of rotatable bonds is 3. The molecule has 1 N–H and O–H groups in total. The van der Waals surface area contributed by atoms with E-state index in [1.807, 2.05) is 0 Å². The molecule has 12 heavy (non-hydrogen) atoms. The van der Waals surface area contributed by atoms with Crippen LogP contribution in [0.5, 0.6) is 0 Å². The minimum absolute atomic E-state index is 0. The summed E-state index contributed by atoms with van der Waals surface area (Å²) in [6.45, 7) is 11.3. The Labute approximate surface area is 62.7 Å². The van der Waals surface area contributed by atoms with Crippen molar-refractivity contribution in [3.05, 3.63) is 38.3 Å². The number of nitrogens with one attached hydrogen (secondary N) is 1. The van der Waals surface area contributed by atoms with Gasteiger partial charge in [0.25, 0.3) is 0 Å². The fourth-order valence-electron chi connectivity index (χ4n) is 0.142. The number of hydrogen-bond acceptors (Lipinski definition) is 2. The van der Waals surface area contributed by atoms with Gasteiger partial charge in [-0.1, -0.05) is 0 Å². The van der Waals surface area contributed by atoms with Gasteiger partial charge in [0.2, 0.25) is 0 Å².